The molecular weight excluding hydrogens is 471 g/mol. The number of nitrogens with zero attached hydrogens (tertiary/aromatic N) is 1. The lowest BCUT2D eigenvalue weighted by molar-refractivity contribution is -0.134. The van der Waals surface area contributed by atoms with Crippen molar-refractivity contribution < 1.29 is 19.1 Å². The van der Waals surface area contributed by atoms with Gasteiger partial charge in [0.05, 0.1) is 12.1 Å². The predicted octanol–water partition coefficient (Wildman–Crippen LogP) is 3.54. The van der Waals surface area contributed by atoms with Gasteiger partial charge < -0.3 is 26.0 Å². The Labute approximate surface area is 218 Å². The maximum atomic E-state index is 13.3. The number of rotatable bonds is 13. The quantitative estimate of drug-likeness (QED) is 0.244. The third-order valence-electron chi connectivity index (χ3n) is 7.42. The Morgan fingerprint density at radius 2 is 1.81 bits per heavy atom. The van der Waals surface area contributed by atoms with Gasteiger partial charge in [-0.3, -0.25) is 9.59 Å². The van der Waals surface area contributed by atoms with Gasteiger partial charge in [0.25, 0.3) is 0 Å². The highest BCUT2D eigenvalue weighted by Gasteiger charge is 2.25. The molecule has 0 bridgehead atoms. The minimum atomic E-state index is -0.219. The van der Waals surface area contributed by atoms with Crippen LogP contribution in [-0.2, 0) is 28.9 Å². The van der Waals surface area contributed by atoms with Gasteiger partial charge in [0.15, 0.2) is 0 Å². The Kier molecular flexibility index (Phi) is 9.91. The Bertz CT molecular complexity index is 1070. The van der Waals surface area contributed by atoms with Crippen LogP contribution in [0.25, 0.3) is 0 Å². The van der Waals surface area contributed by atoms with E-state index in [1.807, 2.05) is 12.1 Å². The number of nitrogens with one attached hydrogen (secondary N) is 3. The molecule has 2 aromatic rings. The van der Waals surface area contributed by atoms with Gasteiger partial charge in [-0.15, -0.1) is 0 Å². The molecule has 1 heterocycles. The molecule has 1 aliphatic carbocycles. The van der Waals surface area contributed by atoms with Crippen LogP contribution in [0.5, 0.6) is 5.75 Å². The molecule has 1 saturated carbocycles. The average molecular weight is 511 g/mol. The van der Waals surface area contributed by atoms with Crippen molar-refractivity contribution in [1.82, 2.24) is 15.5 Å². The molecule has 4 rings (SSSR count). The number of amides is 2. The zero-order valence-electron chi connectivity index (χ0n) is 21.5. The third-order valence-corrected chi connectivity index (χ3v) is 7.42. The van der Waals surface area contributed by atoms with Gasteiger partial charge in [-0.2, -0.15) is 0 Å². The van der Waals surface area contributed by atoms with E-state index in [0.717, 1.165) is 48.9 Å². The van der Waals surface area contributed by atoms with Gasteiger partial charge in [0, 0.05) is 32.1 Å². The van der Waals surface area contributed by atoms with E-state index >= 15 is 0 Å². The summed E-state index contributed by atoms with van der Waals surface area (Å²) in [4.78, 5) is 27.0. The minimum absolute atomic E-state index is 0.0872. The number of aromatic hydroxyl groups is 1. The van der Waals surface area contributed by atoms with E-state index in [1.54, 1.807) is 18.2 Å². The van der Waals surface area contributed by atoms with Gasteiger partial charge in [0.1, 0.15) is 11.6 Å². The van der Waals surface area contributed by atoms with E-state index in [-0.39, 0.29) is 23.4 Å². The van der Waals surface area contributed by atoms with Crippen LogP contribution in [0.1, 0.15) is 55.2 Å². The van der Waals surface area contributed by atoms with Gasteiger partial charge in [0.2, 0.25) is 11.8 Å². The minimum Gasteiger partial charge on any atom is -0.506 e. The van der Waals surface area contributed by atoms with Crippen LogP contribution in [0.2, 0.25) is 0 Å². The van der Waals surface area contributed by atoms with E-state index in [0.29, 0.717) is 50.7 Å². The average Bonchev–Trinajstić information content (AvgIpc) is 3.30. The third kappa shape index (κ3) is 7.76. The highest BCUT2D eigenvalue weighted by molar-refractivity contribution is 6.01. The van der Waals surface area contributed by atoms with E-state index in [2.05, 4.69) is 20.9 Å². The fourth-order valence-corrected chi connectivity index (χ4v) is 5.44. The van der Waals surface area contributed by atoms with Crippen LogP contribution < -0.4 is 16.0 Å². The van der Waals surface area contributed by atoms with E-state index in [1.165, 1.54) is 25.3 Å². The Hall–Kier alpha value is -2.97. The SMILES string of the molecule is O=C1Cc2c(CCNCCN(C(=O)CCNCCc3cccc(F)c3)C3CCCCC3)ccc(O)c2N1. The Morgan fingerprint density at radius 1 is 1.03 bits per heavy atom. The lowest BCUT2D eigenvalue weighted by Gasteiger charge is -2.34. The molecule has 2 amide bonds. The first-order valence-electron chi connectivity index (χ1n) is 13.6. The number of carbonyl (C=O) groups excluding carboxylic acids is 2. The maximum absolute atomic E-state index is 13.3. The molecule has 2 aliphatic rings. The predicted molar refractivity (Wildman–Crippen MR) is 143 cm³/mol. The number of hydrogen-bond acceptors (Lipinski definition) is 5. The first kappa shape index (κ1) is 27.1. The van der Waals surface area contributed by atoms with Crippen LogP contribution in [-0.4, -0.2) is 60.6 Å². The fraction of sp³-hybridized carbons (Fsp3) is 0.517. The van der Waals surface area contributed by atoms with E-state index in [9.17, 15) is 19.1 Å². The summed E-state index contributed by atoms with van der Waals surface area (Å²) >= 11 is 0. The molecule has 0 saturated heterocycles. The zero-order chi connectivity index (χ0) is 26.0. The zero-order valence-corrected chi connectivity index (χ0v) is 21.5. The second-order valence-electron chi connectivity index (χ2n) is 10.1. The molecule has 0 spiro atoms. The number of phenolic OH excluding ortho intramolecular Hbond substituents is 1. The maximum Gasteiger partial charge on any atom is 0.228 e. The Morgan fingerprint density at radius 3 is 2.62 bits per heavy atom. The van der Waals surface area contributed by atoms with E-state index < -0.39 is 0 Å². The van der Waals surface area contributed by atoms with E-state index in [4.69, 9.17) is 0 Å². The summed E-state index contributed by atoms with van der Waals surface area (Å²) in [6, 6.07) is 10.5. The molecular formula is C29H39FN4O3. The topological polar surface area (TPSA) is 93.7 Å². The van der Waals surface area contributed by atoms with Crippen molar-refractivity contribution in [2.24, 2.45) is 0 Å². The molecule has 0 unspecified atom stereocenters. The lowest BCUT2D eigenvalue weighted by Crippen LogP contribution is -2.45. The largest absolute Gasteiger partial charge is 0.506 e. The number of fused-ring (bicyclic) bond motifs is 1. The fourth-order valence-electron chi connectivity index (χ4n) is 5.44. The van der Waals surface area contributed by atoms with Gasteiger partial charge >= 0.3 is 0 Å². The number of benzene rings is 2. The van der Waals surface area contributed by atoms with Crippen LogP contribution in [0.3, 0.4) is 0 Å². The van der Waals surface area contributed by atoms with Crippen molar-refractivity contribution in [2.45, 2.75) is 63.8 Å². The first-order chi connectivity index (χ1) is 18.0. The highest BCUT2D eigenvalue weighted by Crippen LogP contribution is 2.34. The van der Waals surface area contributed by atoms with Gasteiger partial charge in [-0.25, -0.2) is 4.39 Å². The monoisotopic (exact) mass is 510 g/mol. The van der Waals surface area contributed by atoms with Crippen LogP contribution in [0, 0.1) is 5.82 Å². The summed E-state index contributed by atoms with van der Waals surface area (Å²) in [5.41, 5.74) is 3.44. The molecule has 0 aromatic heterocycles. The lowest BCUT2D eigenvalue weighted by atomic mass is 9.94. The summed E-state index contributed by atoms with van der Waals surface area (Å²) in [6.07, 6.45) is 7.98. The second kappa shape index (κ2) is 13.5. The standard InChI is InChI=1S/C29H39FN4O3/c30-23-6-4-5-21(19-23)11-14-31-16-13-28(37)34(24-7-2-1-3-8-24)18-17-32-15-12-22-9-10-26(35)29-25(22)20-27(36)33-29/h4-6,9-10,19,24,31-32,35H,1-3,7-8,11-18,20H2,(H,33,36). The molecule has 0 atom stereocenters. The number of carbonyl (C=O) groups is 2. The van der Waals surface area contributed by atoms with Gasteiger partial charge in [-0.05, 0) is 73.7 Å². The van der Waals surface area contributed by atoms with Crippen LogP contribution in [0.4, 0.5) is 10.1 Å². The summed E-state index contributed by atoms with van der Waals surface area (Å²) in [5, 5.41) is 19.5. The molecule has 2 aromatic carbocycles. The van der Waals surface area contributed by atoms with Crippen molar-refractivity contribution in [3.63, 3.8) is 0 Å². The molecule has 200 valence electrons. The summed E-state index contributed by atoms with van der Waals surface area (Å²) in [7, 11) is 0. The van der Waals surface area contributed by atoms with Crippen molar-refractivity contribution in [3.8, 4) is 5.75 Å². The first-order valence-corrected chi connectivity index (χ1v) is 13.6. The summed E-state index contributed by atoms with van der Waals surface area (Å²) in [6.45, 7) is 3.46. The summed E-state index contributed by atoms with van der Waals surface area (Å²) in [5.74, 6) is -0.00478. The molecule has 8 heteroatoms. The molecule has 1 fully saturated rings. The van der Waals surface area contributed by atoms with Crippen molar-refractivity contribution >= 4 is 17.5 Å². The number of anilines is 1. The highest BCUT2D eigenvalue weighted by atomic mass is 19.1. The van der Waals surface area contributed by atoms with Crippen LogP contribution >= 0.6 is 0 Å². The van der Waals surface area contributed by atoms with Crippen molar-refractivity contribution in [3.05, 3.63) is 58.9 Å². The second-order valence-corrected chi connectivity index (χ2v) is 10.1. The molecule has 7 nitrogen and oxygen atoms in total. The smallest absolute Gasteiger partial charge is 0.228 e. The normalized spacial score (nSPS) is 15.4. The summed E-state index contributed by atoms with van der Waals surface area (Å²) < 4.78 is 13.3. The molecule has 37 heavy (non-hydrogen) atoms. The number of phenols is 1. The Balaban J connectivity index is 1.20. The van der Waals surface area contributed by atoms with Gasteiger partial charge in [-0.1, -0.05) is 37.5 Å². The number of halogens is 1. The van der Waals surface area contributed by atoms with Crippen LogP contribution in [0.15, 0.2) is 36.4 Å². The molecule has 0 radical (unpaired) electrons. The van der Waals surface area contributed by atoms with Crippen molar-refractivity contribution in [1.29, 1.82) is 0 Å². The molecule has 1 aliphatic heterocycles. The molecule has 4 N–H and O–H groups in total. The number of hydrogen-bond donors (Lipinski definition) is 4. The van der Waals surface area contributed by atoms with Crippen molar-refractivity contribution in [2.75, 3.05) is 38.0 Å².